The highest BCUT2D eigenvalue weighted by Gasteiger charge is 2.25. The molecule has 1 aliphatic rings. The van der Waals surface area contributed by atoms with Crippen LogP contribution in [-0.2, 0) is 0 Å². The molecule has 0 radical (unpaired) electrons. The summed E-state index contributed by atoms with van der Waals surface area (Å²) >= 11 is 1.73. The monoisotopic (exact) mass is 425 g/mol. The molecule has 0 spiro atoms. The first-order chi connectivity index (χ1) is 15.2. The smallest absolute Gasteiger partial charge is 0.142 e. The molecule has 3 heterocycles. The molecule has 0 saturated heterocycles. The highest BCUT2D eigenvalue weighted by molar-refractivity contribution is 7.16. The van der Waals surface area contributed by atoms with Crippen molar-refractivity contribution in [2.24, 2.45) is 0 Å². The summed E-state index contributed by atoms with van der Waals surface area (Å²) in [5, 5.41) is 0. The van der Waals surface area contributed by atoms with Gasteiger partial charge in [0.05, 0.1) is 9.75 Å². The van der Waals surface area contributed by atoms with Crippen LogP contribution in [0.1, 0.15) is 48.1 Å². The Bertz CT molecular complexity index is 1250. The normalized spacial score (nSPS) is 14.4. The fraction of sp³-hybridized carbons (Fsp3) is 0.296. The van der Waals surface area contributed by atoms with E-state index < -0.39 is 0 Å². The number of pyridine rings is 1. The summed E-state index contributed by atoms with van der Waals surface area (Å²) in [6, 6.07) is 19.3. The number of imidazole rings is 1. The van der Waals surface area contributed by atoms with Crippen molar-refractivity contribution >= 4 is 22.8 Å². The van der Waals surface area contributed by atoms with E-state index in [9.17, 15) is 0 Å². The minimum absolute atomic E-state index is 0.574. The number of hydrogen-bond acceptors (Lipinski definition) is 3. The summed E-state index contributed by atoms with van der Waals surface area (Å²) in [5.41, 5.74) is 4.36. The van der Waals surface area contributed by atoms with Crippen molar-refractivity contribution < 1.29 is 0 Å². The highest BCUT2D eigenvalue weighted by Crippen LogP contribution is 2.38. The number of aromatic nitrogens is 2. The Hall–Kier alpha value is -3.03. The first-order valence-corrected chi connectivity index (χ1v) is 11.9. The Balaban J connectivity index is 1.55. The first kappa shape index (κ1) is 19.9. The van der Waals surface area contributed by atoms with E-state index in [-0.39, 0.29) is 0 Å². The lowest BCUT2D eigenvalue weighted by Crippen LogP contribution is -2.34. The summed E-state index contributed by atoms with van der Waals surface area (Å²) in [5.74, 6) is 7.80. The number of benzene rings is 1. The Labute approximate surface area is 188 Å². The Kier molecular flexibility index (Phi) is 5.53. The van der Waals surface area contributed by atoms with E-state index in [1.165, 1.54) is 48.4 Å². The van der Waals surface area contributed by atoms with E-state index in [1.54, 1.807) is 11.3 Å². The number of aryl methyl sites for hydroxylation is 1. The van der Waals surface area contributed by atoms with Gasteiger partial charge >= 0.3 is 0 Å². The molecule has 0 unspecified atom stereocenters. The summed E-state index contributed by atoms with van der Waals surface area (Å²) in [6.07, 6.45) is 8.72. The second kappa shape index (κ2) is 8.61. The molecule has 3 nitrogen and oxygen atoms in total. The molecular weight excluding hydrogens is 398 g/mol. The fourth-order valence-corrected chi connectivity index (χ4v) is 5.31. The SMILES string of the molecule is Cc1ccc2nc(-c3ccc(C#Cc4ccccc4)s3)c(N(C)C3CCCCC3)n2c1. The molecular formula is C27H27N3S. The lowest BCUT2D eigenvalue weighted by atomic mass is 9.94. The number of fused-ring (bicyclic) bond motifs is 1. The van der Waals surface area contributed by atoms with E-state index in [1.807, 2.05) is 30.3 Å². The second-order valence-electron chi connectivity index (χ2n) is 8.40. The molecule has 0 bridgehead atoms. The summed E-state index contributed by atoms with van der Waals surface area (Å²) < 4.78 is 2.27. The molecule has 156 valence electrons. The third-order valence-electron chi connectivity index (χ3n) is 6.14. The average Bonchev–Trinajstić information content (AvgIpc) is 3.43. The Morgan fingerprint density at radius 1 is 0.968 bits per heavy atom. The van der Waals surface area contributed by atoms with Gasteiger partial charge in [-0.1, -0.05) is 55.4 Å². The lowest BCUT2D eigenvalue weighted by molar-refractivity contribution is 0.426. The molecule has 0 amide bonds. The van der Waals surface area contributed by atoms with Gasteiger partial charge < -0.3 is 4.90 Å². The van der Waals surface area contributed by atoms with Gasteiger partial charge in [0.25, 0.3) is 0 Å². The molecule has 1 aromatic carbocycles. The van der Waals surface area contributed by atoms with E-state index >= 15 is 0 Å². The molecule has 3 aromatic heterocycles. The number of thiophene rings is 1. The third-order valence-corrected chi connectivity index (χ3v) is 7.15. The molecule has 31 heavy (non-hydrogen) atoms. The molecule has 4 aromatic rings. The van der Waals surface area contributed by atoms with Gasteiger partial charge in [-0.05, 0) is 55.7 Å². The summed E-state index contributed by atoms with van der Waals surface area (Å²) in [4.78, 5) is 9.78. The minimum atomic E-state index is 0.574. The number of rotatable bonds is 3. The molecule has 5 rings (SSSR count). The van der Waals surface area contributed by atoms with Gasteiger partial charge in [0, 0.05) is 24.8 Å². The van der Waals surface area contributed by atoms with Crippen molar-refractivity contribution in [3.63, 3.8) is 0 Å². The molecule has 4 heteroatoms. The van der Waals surface area contributed by atoms with Crippen molar-refractivity contribution in [2.45, 2.75) is 45.1 Å². The maximum absolute atomic E-state index is 5.06. The predicted octanol–water partition coefficient (Wildman–Crippen LogP) is 6.54. The van der Waals surface area contributed by atoms with Crippen LogP contribution >= 0.6 is 11.3 Å². The maximum Gasteiger partial charge on any atom is 0.142 e. The molecule has 1 aliphatic carbocycles. The molecule has 1 saturated carbocycles. The number of nitrogens with zero attached hydrogens (tertiary/aromatic N) is 3. The second-order valence-corrected chi connectivity index (χ2v) is 9.49. The zero-order valence-electron chi connectivity index (χ0n) is 18.1. The van der Waals surface area contributed by atoms with Crippen LogP contribution in [-0.4, -0.2) is 22.5 Å². The molecule has 0 aliphatic heterocycles. The van der Waals surface area contributed by atoms with Crippen molar-refractivity contribution in [3.8, 4) is 22.4 Å². The molecule has 0 N–H and O–H groups in total. The fourth-order valence-electron chi connectivity index (χ4n) is 4.47. The van der Waals surface area contributed by atoms with Gasteiger partial charge in [-0.15, -0.1) is 11.3 Å². The van der Waals surface area contributed by atoms with Crippen LogP contribution in [0.15, 0.2) is 60.8 Å². The summed E-state index contributed by atoms with van der Waals surface area (Å²) in [6.45, 7) is 2.14. The van der Waals surface area contributed by atoms with Gasteiger partial charge in [-0.2, -0.15) is 0 Å². The van der Waals surface area contributed by atoms with Crippen LogP contribution in [0.3, 0.4) is 0 Å². The molecule has 0 atom stereocenters. The highest BCUT2D eigenvalue weighted by atomic mass is 32.1. The average molecular weight is 426 g/mol. The zero-order valence-corrected chi connectivity index (χ0v) is 19.0. The topological polar surface area (TPSA) is 20.5 Å². The largest absolute Gasteiger partial charge is 0.356 e. The number of anilines is 1. The van der Waals surface area contributed by atoms with Crippen LogP contribution in [0, 0.1) is 18.8 Å². The first-order valence-electron chi connectivity index (χ1n) is 11.1. The van der Waals surface area contributed by atoms with E-state index in [0.717, 1.165) is 21.8 Å². The van der Waals surface area contributed by atoms with Crippen LogP contribution in [0.2, 0.25) is 0 Å². The zero-order chi connectivity index (χ0) is 21.2. The number of hydrogen-bond donors (Lipinski definition) is 0. The third kappa shape index (κ3) is 4.11. The van der Waals surface area contributed by atoms with E-state index in [2.05, 4.69) is 65.6 Å². The quantitative estimate of drug-likeness (QED) is 0.347. The van der Waals surface area contributed by atoms with Crippen molar-refractivity contribution in [2.75, 3.05) is 11.9 Å². The van der Waals surface area contributed by atoms with E-state index in [0.29, 0.717) is 6.04 Å². The van der Waals surface area contributed by atoms with Gasteiger partial charge in [0.1, 0.15) is 17.2 Å². The standard InChI is InChI=1S/C27H27N3S/c1-20-13-18-25-28-26(27(30(25)19-20)29(2)22-11-7-4-8-12-22)24-17-16-23(31-24)15-14-21-9-5-3-6-10-21/h3,5-6,9-10,13,16-19,22H,4,7-8,11-12H2,1-2H3. The van der Waals surface area contributed by atoms with Gasteiger partial charge in [0.15, 0.2) is 0 Å². The predicted molar refractivity (Wildman–Crippen MR) is 131 cm³/mol. The molecule has 1 fully saturated rings. The maximum atomic E-state index is 5.06. The van der Waals surface area contributed by atoms with Crippen LogP contribution < -0.4 is 4.90 Å². The van der Waals surface area contributed by atoms with Crippen LogP contribution in [0.25, 0.3) is 16.2 Å². The van der Waals surface area contributed by atoms with Crippen molar-refractivity contribution in [1.29, 1.82) is 0 Å². The van der Waals surface area contributed by atoms with Crippen LogP contribution in [0.5, 0.6) is 0 Å². The Morgan fingerprint density at radius 3 is 2.58 bits per heavy atom. The van der Waals surface area contributed by atoms with Crippen molar-refractivity contribution in [1.82, 2.24) is 9.38 Å². The van der Waals surface area contributed by atoms with Gasteiger partial charge in [0.2, 0.25) is 0 Å². The Morgan fingerprint density at radius 2 is 1.77 bits per heavy atom. The summed E-state index contributed by atoms with van der Waals surface area (Å²) in [7, 11) is 2.25. The van der Waals surface area contributed by atoms with E-state index in [4.69, 9.17) is 4.98 Å². The van der Waals surface area contributed by atoms with Gasteiger partial charge in [-0.3, -0.25) is 4.40 Å². The van der Waals surface area contributed by atoms with Crippen LogP contribution in [0.4, 0.5) is 5.82 Å². The van der Waals surface area contributed by atoms with Crippen molar-refractivity contribution in [3.05, 3.63) is 76.8 Å². The minimum Gasteiger partial charge on any atom is -0.356 e. The van der Waals surface area contributed by atoms with Gasteiger partial charge in [-0.25, -0.2) is 4.98 Å². The lowest BCUT2D eigenvalue weighted by Gasteiger charge is -2.33.